The quantitative estimate of drug-likeness (QED) is 0.579. The van der Waals surface area contributed by atoms with Gasteiger partial charge in [-0.3, -0.25) is 4.79 Å². The zero-order valence-corrected chi connectivity index (χ0v) is 7.72. The topological polar surface area (TPSA) is 17.1 Å². The summed E-state index contributed by atoms with van der Waals surface area (Å²) in [5.74, 6) is 0.177. The third-order valence-corrected chi connectivity index (χ3v) is 1.66. The summed E-state index contributed by atoms with van der Waals surface area (Å²) in [6.07, 6.45) is 0. The van der Waals surface area contributed by atoms with Gasteiger partial charge < -0.3 is 0 Å². The summed E-state index contributed by atoms with van der Waals surface area (Å²) in [6, 6.07) is 10.0. The van der Waals surface area contributed by atoms with Crippen molar-refractivity contribution in [2.24, 2.45) is 5.41 Å². The van der Waals surface area contributed by atoms with Crippen LogP contribution in [-0.4, -0.2) is 5.78 Å². The fourth-order valence-electron chi connectivity index (χ4n) is 0.971. The van der Waals surface area contributed by atoms with Crippen LogP contribution < -0.4 is 0 Å². The molecule has 0 bridgehead atoms. The Morgan fingerprint density at radius 1 is 1.25 bits per heavy atom. The lowest BCUT2D eigenvalue weighted by atomic mass is 9.87. The molecule has 1 heteroatoms. The highest BCUT2D eigenvalue weighted by atomic mass is 16.1. The van der Waals surface area contributed by atoms with E-state index < -0.39 is 0 Å². The third kappa shape index (κ3) is 1.94. The lowest BCUT2D eigenvalue weighted by molar-refractivity contribution is 0.0858. The van der Waals surface area contributed by atoms with Gasteiger partial charge in [0.15, 0.2) is 5.78 Å². The molecule has 0 aliphatic carbocycles. The van der Waals surface area contributed by atoms with Gasteiger partial charge in [-0.2, -0.15) is 0 Å². The lowest BCUT2D eigenvalue weighted by Crippen LogP contribution is -2.19. The van der Waals surface area contributed by atoms with E-state index in [9.17, 15) is 4.79 Å². The predicted molar refractivity (Wildman–Crippen MR) is 49.1 cm³/mol. The zero-order valence-electron chi connectivity index (χ0n) is 7.72. The van der Waals surface area contributed by atoms with Crippen molar-refractivity contribution in [3.05, 3.63) is 35.9 Å². The van der Waals surface area contributed by atoms with E-state index in [0.29, 0.717) is 0 Å². The first-order valence-corrected chi connectivity index (χ1v) is 4.03. The molecule has 0 aromatic heterocycles. The average molecular weight is 161 g/mol. The average Bonchev–Trinajstić information content (AvgIpc) is 2.03. The van der Waals surface area contributed by atoms with Crippen molar-refractivity contribution in [2.45, 2.75) is 20.8 Å². The molecule has 0 atom stereocenters. The van der Waals surface area contributed by atoms with Crippen LogP contribution >= 0.6 is 0 Å². The van der Waals surface area contributed by atoms with Crippen molar-refractivity contribution < 1.29 is 4.79 Å². The first-order chi connectivity index (χ1) is 5.52. The molecule has 1 aromatic carbocycles. The molecule has 0 saturated carbocycles. The first kappa shape index (κ1) is 8.98. The smallest absolute Gasteiger partial charge is 0.168 e. The van der Waals surface area contributed by atoms with E-state index in [1.807, 2.05) is 20.8 Å². The van der Waals surface area contributed by atoms with Gasteiger partial charge in [0.05, 0.1) is 0 Å². The van der Waals surface area contributed by atoms with Crippen LogP contribution in [0.25, 0.3) is 0 Å². The van der Waals surface area contributed by atoms with Crippen molar-refractivity contribution in [2.75, 3.05) is 0 Å². The van der Waals surface area contributed by atoms with Crippen molar-refractivity contribution in [3.63, 3.8) is 0 Å². The van der Waals surface area contributed by atoms with Gasteiger partial charge in [-0.15, -0.1) is 0 Å². The summed E-state index contributed by atoms with van der Waals surface area (Å²) < 4.78 is 0. The number of hydrogen-bond acceptors (Lipinski definition) is 1. The molecule has 0 saturated heterocycles. The Kier molecular flexibility index (Phi) is 2.32. The molecule has 0 spiro atoms. The minimum atomic E-state index is -0.290. The van der Waals surface area contributed by atoms with Gasteiger partial charge in [0.1, 0.15) is 0 Å². The fourth-order valence-corrected chi connectivity index (χ4v) is 0.971. The van der Waals surface area contributed by atoms with Gasteiger partial charge in [0, 0.05) is 11.0 Å². The molecule has 0 N–H and O–H groups in total. The summed E-state index contributed by atoms with van der Waals surface area (Å²) in [7, 11) is 0. The van der Waals surface area contributed by atoms with Crippen LogP contribution in [0.15, 0.2) is 24.3 Å². The third-order valence-electron chi connectivity index (χ3n) is 1.66. The van der Waals surface area contributed by atoms with E-state index in [0.717, 1.165) is 5.56 Å². The van der Waals surface area contributed by atoms with Crippen LogP contribution in [0.2, 0.25) is 0 Å². The van der Waals surface area contributed by atoms with E-state index in [4.69, 9.17) is 0 Å². The van der Waals surface area contributed by atoms with Crippen LogP contribution in [0, 0.1) is 11.5 Å². The van der Waals surface area contributed by atoms with Crippen LogP contribution in [0.3, 0.4) is 0 Å². The Bertz CT molecular complexity index is 267. The van der Waals surface area contributed by atoms with Crippen LogP contribution in [0.1, 0.15) is 31.1 Å². The molecule has 1 nitrogen and oxygen atoms in total. The largest absolute Gasteiger partial charge is 0.294 e. The molecule has 12 heavy (non-hydrogen) atoms. The normalized spacial score (nSPS) is 11.2. The molecule has 63 valence electrons. The van der Waals surface area contributed by atoms with Crippen LogP contribution in [0.4, 0.5) is 0 Å². The number of hydrogen-bond donors (Lipinski definition) is 0. The first-order valence-electron chi connectivity index (χ1n) is 4.03. The van der Waals surface area contributed by atoms with Crippen molar-refractivity contribution >= 4 is 5.78 Å². The van der Waals surface area contributed by atoms with Crippen molar-refractivity contribution in [1.29, 1.82) is 0 Å². The SMILES string of the molecule is CC(C)(C)C(=O)c1cc[c]cc1. The molecule has 1 rings (SSSR count). The Morgan fingerprint density at radius 2 is 1.75 bits per heavy atom. The number of benzene rings is 1. The molecular weight excluding hydrogens is 148 g/mol. The second-order valence-electron chi connectivity index (χ2n) is 3.87. The van der Waals surface area contributed by atoms with Gasteiger partial charge in [-0.05, 0) is 6.07 Å². The van der Waals surface area contributed by atoms with Gasteiger partial charge in [-0.1, -0.05) is 45.0 Å². The van der Waals surface area contributed by atoms with E-state index in [2.05, 4.69) is 6.07 Å². The zero-order chi connectivity index (χ0) is 9.19. The maximum atomic E-state index is 11.7. The van der Waals surface area contributed by atoms with Gasteiger partial charge in [-0.25, -0.2) is 0 Å². The summed E-state index contributed by atoms with van der Waals surface area (Å²) >= 11 is 0. The molecular formula is C11H13O. The number of carbonyl (C=O) groups is 1. The predicted octanol–water partition coefficient (Wildman–Crippen LogP) is 2.72. The van der Waals surface area contributed by atoms with Gasteiger partial charge in [0.25, 0.3) is 0 Å². The van der Waals surface area contributed by atoms with Crippen LogP contribution in [-0.2, 0) is 0 Å². The molecule has 0 aliphatic heterocycles. The highest BCUT2D eigenvalue weighted by Crippen LogP contribution is 2.19. The van der Waals surface area contributed by atoms with Crippen LogP contribution in [0.5, 0.6) is 0 Å². The standard InChI is InChI=1S/C11H13O/c1-11(2,3)10(12)9-7-5-4-6-8-9/h5-8H,1-3H3. The fraction of sp³-hybridized carbons (Fsp3) is 0.364. The summed E-state index contributed by atoms with van der Waals surface area (Å²) in [5, 5.41) is 0. The Balaban J connectivity index is 2.94. The van der Waals surface area contributed by atoms with Crippen molar-refractivity contribution in [3.8, 4) is 0 Å². The van der Waals surface area contributed by atoms with E-state index in [1.165, 1.54) is 0 Å². The van der Waals surface area contributed by atoms with E-state index in [-0.39, 0.29) is 11.2 Å². The Morgan fingerprint density at radius 3 is 2.17 bits per heavy atom. The molecule has 0 unspecified atom stereocenters. The molecule has 0 amide bonds. The minimum Gasteiger partial charge on any atom is -0.294 e. The molecule has 0 fully saturated rings. The highest BCUT2D eigenvalue weighted by Gasteiger charge is 2.21. The minimum absolute atomic E-state index is 0.177. The summed E-state index contributed by atoms with van der Waals surface area (Å²) in [5.41, 5.74) is 0.475. The molecule has 0 heterocycles. The molecule has 0 aliphatic rings. The van der Waals surface area contributed by atoms with Gasteiger partial charge >= 0.3 is 0 Å². The summed E-state index contributed by atoms with van der Waals surface area (Å²) in [4.78, 5) is 11.7. The molecule has 1 aromatic rings. The monoisotopic (exact) mass is 161 g/mol. The highest BCUT2D eigenvalue weighted by molar-refractivity contribution is 5.99. The van der Waals surface area contributed by atoms with E-state index in [1.54, 1.807) is 24.3 Å². The van der Waals surface area contributed by atoms with Crippen molar-refractivity contribution in [1.82, 2.24) is 0 Å². The second-order valence-corrected chi connectivity index (χ2v) is 3.87. The number of ketones is 1. The number of Topliss-reactive ketones (excluding diaryl/α,β-unsaturated/α-hetero) is 1. The Labute approximate surface area is 73.4 Å². The number of rotatable bonds is 1. The van der Waals surface area contributed by atoms with E-state index >= 15 is 0 Å². The summed E-state index contributed by atoms with van der Waals surface area (Å²) in [6.45, 7) is 5.77. The second kappa shape index (κ2) is 3.10. The number of carbonyl (C=O) groups excluding carboxylic acids is 1. The maximum Gasteiger partial charge on any atom is 0.168 e. The lowest BCUT2D eigenvalue weighted by Gasteiger charge is -2.15. The molecule has 1 radical (unpaired) electrons. The maximum absolute atomic E-state index is 11.7. The Hall–Kier alpha value is -1.11. The van der Waals surface area contributed by atoms with Gasteiger partial charge in [0.2, 0.25) is 0 Å².